The van der Waals surface area contributed by atoms with Crippen molar-refractivity contribution in [3.63, 3.8) is 0 Å². The molecule has 0 saturated carbocycles. The second-order valence-corrected chi connectivity index (χ2v) is 4.58. The molecule has 3 rings (SSSR count). The lowest BCUT2D eigenvalue weighted by molar-refractivity contribution is -0.150. The summed E-state index contributed by atoms with van der Waals surface area (Å²) in [5, 5.41) is 14.4. The van der Waals surface area contributed by atoms with E-state index in [1.165, 1.54) is 11.3 Å². The molecular weight excluding hydrogens is 258 g/mol. The van der Waals surface area contributed by atoms with Gasteiger partial charge in [-0.2, -0.15) is 4.98 Å². The number of aromatic nitrogens is 3. The number of nitrogens with zero attached hydrogens (tertiary/aromatic N) is 3. The van der Waals surface area contributed by atoms with Crippen molar-refractivity contribution in [1.29, 1.82) is 0 Å². The second-order valence-electron chi connectivity index (χ2n) is 3.86. The van der Waals surface area contributed by atoms with E-state index in [0.29, 0.717) is 30.3 Å². The highest BCUT2D eigenvalue weighted by atomic mass is 32.1. The Kier molecular flexibility index (Phi) is 2.80. The van der Waals surface area contributed by atoms with E-state index < -0.39 is 18.2 Å². The first kappa shape index (κ1) is 11.3. The van der Waals surface area contributed by atoms with Crippen molar-refractivity contribution in [2.24, 2.45) is 0 Å². The lowest BCUT2D eigenvalue weighted by Crippen LogP contribution is -2.18. The Balaban J connectivity index is 1.77. The van der Waals surface area contributed by atoms with Gasteiger partial charge in [0, 0.05) is 5.38 Å². The maximum absolute atomic E-state index is 10.8. The molecular formula is C10H9N3O4S. The van der Waals surface area contributed by atoms with Crippen LogP contribution in [0.15, 0.2) is 15.4 Å². The number of thiazole rings is 1. The first-order valence-corrected chi connectivity index (χ1v) is 6.29. The number of hydrogen-bond donors (Lipinski definition) is 1. The SMILES string of the molecule is O=C(O)C1CCC(c2nc(-c3cscn3)no2)O1. The summed E-state index contributed by atoms with van der Waals surface area (Å²) in [6, 6.07) is 0. The summed E-state index contributed by atoms with van der Waals surface area (Å²) in [5.74, 6) is -0.257. The minimum Gasteiger partial charge on any atom is -0.479 e. The molecule has 0 amide bonds. The Hall–Kier alpha value is -1.80. The number of carboxylic acid groups (broad SMARTS) is 1. The van der Waals surface area contributed by atoms with Crippen LogP contribution in [0.2, 0.25) is 0 Å². The van der Waals surface area contributed by atoms with Crippen LogP contribution >= 0.6 is 11.3 Å². The number of aliphatic carboxylic acids is 1. The Morgan fingerprint density at radius 3 is 3.06 bits per heavy atom. The zero-order valence-corrected chi connectivity index (χ0v) is 9.96. The maximum atomic E-state index is 10.8. The van der Waals surface area contributed by atoms with E-state index in [-0.39, 0.29) is 0 Å². The highest BCUT2D eigenvalue weighted by Crippen LogP contribution is 2.32. The molecule has 8 heteroatoms. The highest BCUT2D eigenvalue weighted by molar-refractivity contribution is 7.07. The van der Waals surface area contributed by atoms with Gasteiger partial charge in [0.15, 0.2) is 6.10 Å². The van der Waals surface area contributed by atoms with E-state index in [1.54, 1.807) is 5.51 Å². The number of hydrogen-bond acceptors (Lipinski definition) is 7. The molecule has 0 spiro atoms. The van der Waals surface area contributed by atoms with Gasteiger partial charge in [-0.1, -0.05) is 5.16 Å². The number of carbonyl (C=O) groups is 1. The van der Waals surface area contributed by atoms with E-state index >= 15 is 0 Å². The Morgan fingerprint density at radius 2 is 2.39 bits per heavy atom. The van der Waals surface area contributed by atoms with Crippen LogP contribution in [-0.2, 0) is 9.53 Å². The average Bonchev–Trinajstić information content (AvgIpc) is 3.10. The molecule has 0 aliphatic carbocycles. The molecule has 1 aliphatic heterocycles. The zero-order valence-electron chi connectivity index (χ0n) is 9.15. The fraction of sp³-hybridized carbons (Fsp3) is 0.400. The third-order valence-corrected chi connectivity index (χ3v) is 3.26. The van der Waals surface area contributed by atoms with Crippen molar-refractivity contribution >= 4 is 17.3 Å². The molecule has 7 nitrogen and oxygen atoms in total. The first-order valence-electron chi connectivity index (χ1n) is 5.34. The fourth-order valence-electron chi connectivity index (χ4n) is 1.79. The van der Waals surface area contributed by atoms with E-state index in [0.717, 1.165) is 0 Å². The third-order valence-electron chi connectivity index (χ3n) is 2.67. The van der Waals surface area contributed by atoms with Crippen LogP contribution in [0.3, 0.4) is 0 Å². The summed E-state index contributed by atoms with van der Waals surface area (Å²) in [6.45, 7) is 0. The van der Waals surface area contributed by atoms with Gasteiger partial charge in [-0.15, -0.1) is 11.3 Å². The molecule has 94 valence electrons. The minimum atomic E-state index is -0.961. The smallest absolute Gasteiger partial charge is 0.332 e. The van der Waals surface area contributed by atoms with Crippen LogP contribution in [0.5, 0.6) is 0 Å². The van der Waals surface area contributed by atoms with Crippen molar-refractivity contribution in [2.75, 3.05) is 0 Å². The van der Waals surface area contributed by atoms with Gasteiger partial charge in [-0.25, -0.2) is 9.78 Å². The molecule has 0 radical (unpaired) electrons. The summed E-state index contributed by atoms with van der Waals surface area (Å²) < 4.78 is 10.4. The van der Waals surface area contributed by atoms with Crippen molar-refractivity contribution < 1.29 is 19.2 Å². The molecule has 2 atom stereocenters. The predicted octanol–water partition coefficient (Wildman–Crippen LogP) is 1.50. The quantitative estimate of drug-likeness (QED) is 0.899. The van der Waals surface area contributed by atoms with Gasteiger partial charge in [0.25, 0.3) is 5.89 Å². The molecule has 0 bridgehead atoms. The van der Waals surface area contributed by atoms with Gasteiger partial charge in [0.1, 0.15) is 11.8 Å². The average molecular weight is 267 g/mol. The summed E-state index contributed by atoms with van der Waals surface area (Å²) in [6.07, 6.45) is -0.208. The standard InChI is InChI=1S/C10H9N3O4S/c14-10(15)7-2-1-6(16-7)9-12-8(13-17-9)5-3-18-4-11-5/h3-4,6-7H,1-2H2,(H,14,15). The molecule has 1 saturated heterocycles. The van der Waals surface area contributed by atoms with Crippen LogP contribution in [0.1, 0.15) is 24.8 Å². The van der Waals surface area contributed by atoms with Crippen LogP contribution in [0.25, 0.3) is 11.5 Å². The normalized spacial score (nSPS) is 23.3. The van der Waals surface area contributed by atoms with E-state index in [2.05, 4.69) is 15.1 Å². The Morgan fingerprint density at radius 1 is 1.50 bits per heavy atom. The molecule has 1 aliphatic rings. The summed E-state index contributed by atoms with van der Waals surface area (Å²) >= 11 is 1.44. The van der Waals surface area contributed by atoms with E-state index in [9.17, 15) is 4.79 Å². The lowest BCUT2D eigenvalue weighted by Gasteiger charge is -2.05. The van der Waals surface area contributed by atoms with Gasteiger partial charge in [0.2, 0.25) is 5.82 Å². The van der Waals surface area contributed by atoms with Crippen molar-refractivity contribution in [2.45, 2.75) is 25.0 Å². The first-order chi connectivity index (χ1) is 8.74. The highest BCUT2D eigenvalue weighted by Gasteiger charge is 2.34. The van der Waals surface area contributed by atoms with Gasteiger partial charge in [-0.05, 0) is 12.8 Å². The predicted molar refractivity (Wildman–Crippen MR) is 59.9 cm³/mol. The summed E-state index contributed by atoms with van der Waals surface area (Å²) in [5.41, 5.74) is 2.32. The molecule has 3 heterocycles. The van der Waals surface area contributed by atoms with Crippen LogP contribution in [0.4, 0.5) is 0 Å². The number of carboxylic acids is 1. The van der Waals surface area contributed by atoms with E-state index in [4.69, 9.17) is 14.4 Å². The topological polar surface area (TPSA) is 98.3 Å². The van der Waals surface area contributed by atoms with Crippen molar-refractivity contribution in [1.82, 2.24) is 15.1 Å². The summed E-state index contributed by atoms with van der Waals surface area (Å²) in [4.78, 5) is 19.0. The fourth-order valence-corrected chi connectivity index (χ4v) is 2.32. The summed E-state index contributed by atoms with van der Waals surface area (Å²) in [7, 11) is 0. The van der Waals surface area contributed by atoms with Crippen LogP contribution < -0.4 is 0 Å². The molecule has 2 aromatic heterocycles. The number of ether oxygens (including phenoxy) is 1. The van der Waals surface area contributed by atoms with Gasteiger partial charge in [-0.3, -0.25) is 0 Å². The molecule has 2 unspecified atom stereocenters. The van der Waals surface area contributed by atoms with Crippen LogP contribution in [0, 0.1) is 0 Å². The minimum absolute atomic E-state index is 0.307. The molecule has 0 aromatic carbocycles. The van der Waals surface area contributed by atoms with Gasteiger partial charge < -0.3 is 14.4 Å². The molecule has 18 heavy (non-hydrogen) atoms. The second kappa shape index (κ2) is 4.46. The van der Waals surface area contributed by atoms with Crippen molar-refractivity contribution in [3.8, 4) is 11.5 Å². The number of rotatable bonds is 3. The van der Waals surface area contributed by atoms with Crippen LogP contribution in [-0.4, -0.2) is 32.3 Å². The Labute approximate surface area is 105 Å². The third kappa shape index (κ3) is 2.00. The molecule has 1 fully saturated rings. The lowest BCUT2D eigenvalue weighted by atomic mass is 10.2. The zero-order chi connectivity index (χ0) is 12.5. The van der Waals surface area contributed by atoms with Gasteiger partial charge >= 0.3 is 5.97 Å². The monoisotopic (exact) mass is 267 g/mol. The van der Waals surface area contributed by atoms with Crippen molar-refractivity contribution in [3.05, 3.63) is 16.8 Å². The Bertz CT molecular complexity index is 553. The molecule has 1 N–H and O–H groups in total. The van der Waals surface area contributed by atoms with E-state index in [1.807, 2.05) is 5.38 Å². The van der Waals surface area contributed by atoms with Gasteiger partial charge in [0.05, 0.1) is 5.51 Å². The molecule has 2 aromatic rings. The largest absolute Gasteiger partial charge is 0.479 e. The maximum Gasteiger partial charge on any atom is 0.332 e.